The summed E-state index contributed by atoms with van der Waals surface area (Å²) in [6.07, 6.45) is 1.07. The first kappa shape index (κ1) is 23.7. The summed E-state index contributed by atoms with van der Waals surface area (Å²) in [5.41, 5.74) is -0.857. The topological polar surface area (TPSA) is 35.5 Å². The van der Waals surface area contributed by atoms with E-state index in [1.807, 2.05) is 53.7 Å². The average molecular weight is 434 g/mol. The van der Waals surface area contributed by atoms with Crippen LogP contribution in [0, 0.1) is 5.41 Å². The lowest BCUT2D eigenvalue weighted by Gasteiger charge is -2.45. The summed E-state index contributed by atoms with van der Waals surface area (Å²) in [6, 6.07) is 21.1. The van der Waals surface area contributed by atoms with Gasteiger partial charge in [0.2, 0.25) is 0 Å². The summed E-state index contributed by atoms with van der Waals surface area (Å²) in [5.74, 6) is 0. The maximum Gasteiger partial charge on any atom is 0.490 e. The van der Waals surface area contributed by atoms with Crippen molar-refractivity contribution in [3.63, 3.8) is 0 Å². The van der Waals surface area contributed by atoms with Crippen LogP contribution in [0.4, 0.5) is 0 Å². The summed E-state index contributed by atoms with van der Waals surface area (Å²) in [7, 11) is -3.06. The molecule has 0 N–H and O–H groups in total. The molecule has 0 aromatic heterocycles. The molecule has 1 fully saturated rings. The summed E-state index contributed by atoms with van der Waals surface area (Å²) >= 11 is 0. The standard InChI is InChI=1S/C26H35BO3Si/c1-20(27-29-25(4,5)26(6,7)30-27)23(24(2,3)19-28)31(8,21-15-11-9-12-16-21)22-17-13-10-14-18-22/h9-19,23H,1H2,2-8H3/t23-/m1/s1. The van der Waals surface area contributed by atoms with Crippen molar-refractivity contribution >= 4 is 31.9 Å². The first-order valence-electron chi connectivity index (χ1n) is 11.0. The molecule has 2 aromatic carbocycles. The number of hydrogen-bond acceptors (Lipinski definition) is 3. The van der Waals surface area contributed by atoms with Gasteiger partial charge in [0, 0.05) is 5.41 Å². The Labute approximate surface area is 189 Å². The number of benzene rings is 2. The minimum absolute atomic E-state index is 0.128. The largest absolute Gasteiger partial charge is 0.490 e. The average Bonchev–Trinajstić information content (AvgIpc) is 2.96. The van der Waals surface area contributed by atoms with Gasteiger partial charge in [-0.15, -0.1) is 6.58 Å². The predicted octanol–water partition coefficient (Wildman–Crippen LogP) is 4.66. The van der Waals surface area contributed by atoms with Crippen LogP contribution < -0.4 is 10.4 Å². The first-order chi connectivity index (χ1) is 14.4. The third-order valence-corrected chi connectivity index (χ3v) is 12.6. The minimum atomic E-state index is -2.50. The van der Waals surface area contributed by atoms with Crippen molar-refractivity contribution in [3.8, 4) is 0 Å². The third kappa shape index (κ3) is 4.11. The van der Waals surface area contributed by atoms with Crippen LogP contribution in [0.25, 0.3) is 0 Å². The highest BCUT2D eigenvalue weighted by Crippen LogP contribution is 2.48. The molecule has 0 radical (unpaired) electrons. The zero-order chi connectivity index (χ0) is 23.1. The molecule has 1 aliphatic rings. The Hall–Kier alpha value is -1.95. The molecule has 0 saturated carbocycles. The van der Waals surface area contributed by atoms with Gasteiger partial charge in [-0.3, -0.25) is 0 Å². The molecule has 0 amide bonds. The van der Waals surface area contributed by atoms with E-state index in [1.165, 1.54) is 10.4 Å². The normalized spacial score (nSPS) is 19.1. The van der Waals surface area contributed by atoms with Gasteiger partial charge in [-0.2, -0.15) is 0 Å². The molecule has 1 saturated heterocycles. The summed E-state index contributed by atoms with van der Waals surface area (Å²) in [6.45, 7) is 19.1. The van der Waals surface area contributed by atoms with E-state index in [4.69, 9.17) is 9.31 Å². The number of allylic oxidation sites excluding steroid dienone is 1. The van der Waals surface area contributed by atoms with Gasteiger partial charge in [0.05, 0.1) is 11.2 Å². The first-order valence-corrected chi connectivity index (χ1v) is 13.6. The van der Waals surface area contributed by atoms with E-state index in [-0.39, 0.29) is 5.54 Å². The lowest BCUT2D eigenvalue weighted by atomic mass is 9.70. The minimum Gasteiger partial charge on any atom is -0.400 e. The van der Waals surface area contributed by atoms with Crippen molar-refractivity contribution in [2.75, 3.05) is 0 Å². The van der Waals surface area contributed by atoms with Gasteiger partial charge < -0.3 is 14.1 Å². The predicted molar refractivity (Wildman–Crippen MR) is 133 cm³/mol. The molecule has 31 heavy (non-hydrogen) atoms. The van der Waals surface area contributed by atoms with E-state index in [1.54, 1.807) is 0 Å². The van der Waals surface area contributed by atoms with Gasteiger partial charge >= 0.3 is 7.12 Å². The lowest BCUT2D eigenvalue weighted by Crippen LogP contribution is -2.63. The van der Waals surface area contributed by atoms with Crippen LogP contribution in [-0.4, -0.2) is 32.7 Å². The van der Waals surface area contributed by atoms with Crippen LogP contribution in [0.2, 0.25) is 12.1 Å². The fourth-order valence-corrected chi connectivity index (χ4v) is 10.1. The van der Waals surface area contributed by atoms with Crippen LogP contribution in [0.15, 0.2) is 72.7 Å². The Kier molecular flexibility index (Phi) is 6.27. The van der Waals surface area contributed by atoms with Crippen molar-refractivity contribution in [1.82, 2.24) is 0 Å². The molecule has 1 heterocycles. The highest BCUT2D eigenvalue weighted by Gasteiger charge is 2.57. The van der Waals surface area contributed by atoms with E-state index >= 15 is 0 Å². The van der Waals surface area contributed by atoms with E-state index in [0.717, 1.165) is 11.8 Å². The van der Waals surface area contributed by atoms with Crippen molar-refractivity contribution in [3.05, 3.63) is 72.7 Å². The second-order valence-electron chi connectivity index (χ2n) is 10.5. The van der Waals surface area contributed by atoms with Crippen LogP contribution in [0.3, 0.4) is 0 Å². The number of carbonyl (C=O) groups excluding carboxylic acids is 1. The molecule has 0 aliphatic carbocycles. The maximum absolute atomic E-state index is 12.5. The van der Waals surface area contributed by atoms with Gasteiger partial charge in [0.25, 0.3) is 0 Å². The lowest BCUT2D eigenvalue weighted by molar-refractivity contribution is -0.114. The number of aldehydes is 1. The number of rotatable bonds is 7. The number of carbonyl (C=O) groups is 1. The Morgan fingerprint density at radius 1 is 0.935 bits per heavy atom. The summed E-state index contributed by atoms with van der Waals surface area (Å²) in [4.78, 5) is 12.5. The zero-order valence-corrected chi connectivity index (χ0v) is 20.9. The Morgan fingerprint density at radius 3 is 1.68 bits per heavy atom. The Bertz CT molecular complexity index is 882. The molecule has 0 unspecified atom stereocenters. The smallest absolute Gasteiger partial charge is 0.400 e. The van der Waals surface area contributed by atoms with Crippen molar-refractivity contribution in [1.29, 1.82) is 0 Å². The molecule has 3 nitrogen and oxygen atoms in total. The van der Waals surface area contributed by atoms with E-state index in [0.29, 0.717) is 0 Å². The van der Waals surface area contributed by atoms with E-state index in [9.17, 15) is 4.79 Å². The highest BCUT2D eigenvalue weighted by atomic mass is 28.3. The molecule has 5 heteroatoms. The molecular weight excluding hydrogens is 399 g/mol. The highest BCUT2D eigenvalue weighted by molar-refractivity contribution is 7.03. The van der Waals surface area contributed by atoms with E-state index in [2.05, 4.69) is 61.7 Å². The quantitative estimate of drug-likeness (QED) is 0.470. The SMILES string of the molecule is C=C(B1OC(C)(C)C(C)(C)O1)[C@H](C(C)(C)C=O)[Si](C)(c1ccccc1)c1ccccc1. The number of hydrogen-bond donors (Lipinski definition) is 0. The summed E-state index contributed by atoms with van der Waals surface area (Å²) < 4.78 is 12.8. The Morgan fingerprint density at radius 2 is 1.32 bits per heavy atom. The molecule has 164 valence electrons. The van der Waals surface area contributed by atoms with Crippen LogP contribution in [0.1, 0.15) is 41.5 Å². The van der Waals surface area contributed by atoms with Gasteiger partial charge in [-0.05, 0) is 38.7 Å². The monoisotopic (exact) mass is 434 g/mol. The molecule has 0 spiro atoms. The Balaban J connectivity index is 2.21. The maximum atomic E-state index is 12.5. The van der Waals surface area contributed by atoms with Crippen LogP contribution in [-0.2, 0) is 14.1 Å². The zero-order valence-electron chi connectivity index (χ0n) is 19.9. The molecular formula is C26H35BO3Si. The van der Waals surface area contributed by atoms with Gasteiger partial charge in [-0.1, -0.05) is 91.4 Å². The second kappa shape index (κ2) is 8.19. The molecule has 3 rings (SSSR count). The van der Waals surface area contributed by atoms with E-state index < -0.39 is 31.8 Å². The molecule has 1 atom stereocenters. The van der Waals surface area contributed by atoms with Crippen LogP contribution in [0.5, 0.6) is 0 Å². The molecule has 2 aromatic rings. The third-order valence-electron chi connectivity index (χ3n) is 7.30. The fourth-order valence-electron chi connectivity index (χ4n) is 4.86. The van der Waals surface area contributed by atoms with Crippen molar-refractivity contribution < 1.29 is 14.1 Å². The van der Waals surface area contributed by atoms with Gasteiger partial charge in [0.1, 0.15) is 14.4 Å². The second-order valence-corrected chi connectivity index (χ2v) is 14.6. The fraction of sp³-hybridized carbons (Fsp3) is 0.423. The van der Waals surface area contributed by atoms with Crippen molar-refractivity contribution in [2.45, 2.75) is 64.8 Å². The van der Waals surface area contributed by atoms with Gasteiger partial charge in [-0.25, -0.2) is 0 Å². The van der Waals surface area contributed by atoms with Crippen LogP contribution >= 0.6 is 0 Å². The van der Waals surface area contributed by atoms with Gasteiger partial charge in [0.15, 0.2) is 0 Å². The summed E-state index contributed by atoms with van der Waals surface area (Å²) in [5, 5.41) is 2.53. The molecule has 1 aliphatic heterocycles. The molecule has 0 bridgehead atoms. The van der Waals surface area contributed by atoms with Crippen molar-refractivity contribution in [2.24, 2.45) is 5.41 Å².